The van der Waals surface area contributed by atoms with Gasteiger partial charge in [0.2, 0.25) is 5.91 Å². The summed E-state index contributed by atoms with van der Waals surface area (Å²) >= 11 is 0. The Balaban J connectivity index is 0.00000121. The van der Waals surface area contributed by atoms with E-state index in [1.807, 2.05) is 0 Å². The minimum absolute atomic E-state index is 0. The Kier molecular flexibility index (Phi) is 4.02. The zero-order valence-electron chi connectivity index (χ0n) is 12.3. The topological polar surface area (TPSA) is 32.3 Å². The van der Waals surface area contributed by atoms with E-state index in [0.717, 1.165) is 24.9 Å². The van der Waals surface area contributed by atoms with Crippen LogP contribution in [-0.4, -0.2) is 37.0 Å². The van der Waals surface area contributed by atoms with Crippen molar-refractivity contribution in [3.63, 3.8) is 0 Å². The van der Waals surface area contributed by atoms with E-state index in [0.29, 0.717) is 17.2 Å². The van der Waals surface area contributed by atoms with Gasteiger partial charge in [-0.15, -0.1) is 12.4 Å². The summed E-state index contributed by atoms with van der Waals surface area (Å²) in [6.45, 7) is 4.41. The summed E-state index contributed by atoms with van der Waals surface area (Å²) in [5.74, 6) is 2.48. The van der Waals surface area contributed by atoms with Crippen molar-refractivity contribution in [3.8, 4) is 0 Å². The van der Waals surface area contributed by atoms with E-state index in [2.05, 4.69) is 10.2 Å². The van der Waals surface area contributed by atoms with Crippen LogP contribution in [0.25, 0.3) is 0 Å². The zero-order chi connectivity index (χ0) is 12.9. The van der Waals surface area contributed by atoms with Crippen molar-refractivity contribution in [2.45, 2.75) is 44.9 Å². The van der Waals surface area contributed by atoms with E-state index in [1.54, 1.807) is 0 Å². The Morgan fingerprint density at radius 1 is 1.05 bits per heavy atom. The smallest absolute Gasteiger partial charge is 0.226 e. The maximum atomic E-state index is 12.6. The molecule has 3 nitrogen and oxygen atoms in total. The van der Waals surface area contributed by atoms with Gasteiger partial charge in [0.15, 0.2) is 0 Å². The second-order valence-electron chi connectivity index (χ2n) is 7.39. The molecule has 114 valence electrons. The van der Waals surface area contributed by atoms with Crippen LogP contribution in [0.5, 0.6) is 0 Å². The van der Waals surface area contributed by atoms with E-state index in [4.69, 9.17) is 0 Å². The molecule has 1 amide bonds. The lowest BCUT2D eigenvalue weighted by molar-refractivity contribution is -0.135. The first kappa shape index (κ1) is 14.6. The summed E-state index contributed by atoms with van der Waals surface area (Å²) in [5.41, 5.74) is 0.535. The predicted octanol–water partition coefficient (Wildman–Crippen LogP) is 2.45. The molecule has 2 unspecified atom stereocenters. The molecule has 2 aliphatic heterocycles. The molecule has 20 heavy (non-hydrogen) atoms. The van der Waals surface area contributed by atoms with E-state index < -0.39 is 0 Å². The SMILES string of the molecule is Cl.O=C(C1C2CCCCC21)N1CCC2(CCNC2)CC1. The molecule has 0 aromatic heterocycles. The fourth-order valence-electron chi connectivity index (χ4n) is 4.99. The Bertz CT molecular complexity index is 359. The van der Waals surface area contributed by atoms with Crippen molar-refractivity contribution >= 4 is 18.3 Å². The van der Waals surface area contributed by atoms with Crippen LogP contribution in [0.1, 0.15) is 44.9 Å². The molecule has 0 bridgehead atoms. The van der Waals surface area contributed by atoms with Crippen LogP contribution >= 0.6 is 12.4 Å². The number of hydrogen-bond donors (Lipinski definition) is 1. The van der Waals surface area contributed by atoms with Gasteiger partial charge >= 0.3 is 0 Å². The number of amides is 1. The number of carbonyl (C=O) groups is 1. The highest BCUT2D eigenvalue weighted by molar-refractivity contribution is 5.85. The molecule has 2 saturated carbocycles. The van der Waals surface area contributed by atoms with E-state index in [-0.39, 0.29) is 12.4 Å². The van der Waals surface area contributed by atoms with Gasteiger partial charge in [-0.25, -0.2) is 0 Å². The molecule has 4 heteroatoms. The lowest BCUT2D eigenvalue weighted by Gasteiger charge is -2.39. The summed E-state index contributed by atoms with van der Waals surface area (Å²) in [4.78, 5) is 14.8. The van der Waals surface area contributed by atoms with E-state index >= 15 is 0 Å². The third-order valence-corrected chi connectivity index (χ3v) is 6.41. The monoisotopic (exact) mass is 298 g/mol. The highest BCUT2D eigenvalue weighted by Crippen LogP contribution is 2.56. The van der Waals surface area contributed by atoms with Crippen molar-refractivity contribution in [1.29, 1.82) is 0 Å². The molecule has 2 aliphatic carbocycles. The Morgan fingerprint density at radius 3 is 2.25 bits per heavy atom. The van der Waals surface area contributed by atoms with Gasteiger partial charge < -0.3 is 10.2 Å². The number of hydrogen-bond acceptors (Lipinski definition) is 2. The summed E-state index contributed by atoms with van der Waals surface area (Å²) in [5, 5.41) is 3.50. The first-order chi connectivity index (χ1) is 9.29. The third-order valence-electron chi connectivity index (χ3n) is 6.41. The maximum absolute atomic E-state index is 12.6. The van der Waals surface area contributed by atoms with Gasteiger partial charge in [0.05, 0.1) is 0 Å². The van der Waals surface area contributed by atoms with Crippen LogP contribution in [-0.2, 0) is 4.79 Å². The summed E-state index contributed by atoms with van der Waals surface area (Å²) in [7, 11) is 0. The molecule has 0 radical (unpaired) electrons. The number of fused-ring (bicyclic) bond motifs is 1. The van der Waals surface area contributed by atoms with Gasteiger partial charge in [-0.2, -0.15) is 0 Å². The van der Waals surface area contributed by atoms with Crippen LogP contribution in [0.3, 0.4) is 0 Å². The molecule has 0 aromatic carbocycles. The number of piperidine rings is 1. The number of carbonyl (C=O) groups excluding carboxylic acids is 1. The van der Waals surface area contributed by atoms with E-state index in [1.165, 1.54) is 58.0 Å². The van der Waals surface area contributed by atoms with Gasteiger partial charge in [0, 0.05) is 25.6 Å². The molecule has 1 N–H and O–H groups in total. The van der Waals surface area contributed by atoms with Crippen LogP contribution in [0.4, 0.5) is 0 Å². The molecule has 1 spiro atoms. The highest BCUT2D eigenvalue weighted by atomic mass is 35.5. The van der Waals surface area contributed by atoms with Crippen molar-refractivity contribution < 1.29 is 4.79 Å². The Hall–Kier alpha value is -0.280. The molecule has 4 aliphatic rings. The van der Waals surface area contributed by atoms with Crippen LogP contribution in [0, 0.1) is 23.2 Å². The Labute approximate surface area is 128 Å². The second kappa shape index (κ2) is 5.49. The van der Waals surface area contributed by atoms with Crippen LogP contribution in [0.2, 0.25) is 0 Å². The van der Waals surface area contributed by atoms with Gasteiger partial charge in [0.1, 0.15) is 0 Å². The summed E-state index contributed by atoms with van der Waals surface area (Å²) in [6.07, 6.45) is 9.15. The lowest BCUT2D eigenvalue weighted by Crippen LogP contribution is -2.44. The average molecular weight is 299 g/mol. The largest absolute Gasteiger partial charge is 0.342 e. The van der Waals surface area contributed by atoms with Crippen molar-refractivity contribution in [2.75, 3.05) is 26.2 Å². The first-order valence-electron chi connectivity index (χ1n) is 8.29. The number of rotatable bonds is 1. The Morgan fingerprint density at radius 2 is 1.70 bits per heavy atom. The average Bonchev–Trinajstić information content (AvgIpc) is 3.02. The number of nitrogens with one attached hydrogen (secondary N) is 1. The van der Waals surface area contributed by atoms with Crippen molar-refractivity contribution in [2.24, 2.45) is 23.2 Å². The quantitative estimate of drug-likeness (QED) is 0.806. The molecule has 2 saturated heterocycles. The van der Waals surface area contributed by atoms with Crippen LogP contribution < -0.4 is 5.32 Å². The molecular formula is C16H27ClN2O. The van der Waals surface area contributed by atoms with E-state index in [9.17, 15) is 4.79 Å². The minimum Gasteiger partial charge on any atom is -0.342 e. The number of halogens is 1. The fraction of sp³-hybridized carbons (Fsp3) is 0.938. The summed E-state index contributed by atoms with van der Waals surface area (Å²) in [6, 6.07) is 0. The molecule has 2 atom stereocenters. The first-order valence-corrected chi connectivity index (χ1v) is 8.29. The zero-order valence-corrected chi connectivity index (χ0v) is 13.1. The summed E-state index contributed by atoms with van der Waals surface area (Å²) < 4.78 is 0. The lowest BCUT2D eigenvalue weighted by atomic mass is 9.78. The standard InChI is InChI=1S/C16H26N2O.ClH/c19-15(14-12-3-1-2-4-13(12)14)18-9-6-16(7-10-18)5-8-17-11-16;/h12-14,17H,1-11H2;1H. The molecular weight excluding hydrogens is 272 g/mol. The molecule has 4 rings (SSSR count). The fourth-order valence-corrected chi connectivity index (χ4v) is 4.99. The third kappa shape index (κ3) is 2.37. The van der Waals surface area contributed by atoms with Crippen molar-refractivity contribution in [3.05, 3.63) is 0 Å². The number of likely N-dealkylation sites (tertiary alicyclic amines) is 1. The second-order valence-corrected chi connectivity index (χ2v) is 7.39. The molecule has 2 heterocycles. The minimum atomic E-state index is 0. The normalized spacial score (nSPS) is 38.2. The van der Waals surface area contributed by atoms with Gasteiger partial charge in [-0.05, 0) is 55.9 Å². The van der Waals surface area contributed by atoms with Gasteiger partial charge in [-0.3, -0.25) is 4.79 Å². The number of nitrogens with zero attached hydrogens (tertiary/aromatic N) is 1. The molecule has 0 aromatic rings. The predicted molar refractivity (Wildman–Crippen MR) is 81.9 cm³/mol. The maximum Gasteiger partial charge on any atom is 0.226 e. The molecule has 4 fully saturated rings. The van der Waals surface area contributed by atoms with Gasteiger partial charge in [-0.1, -0.05) is 12.8 Å². The van der Waals surface area contributed by atoms with Gasteiger partial charge in [0.25, 0.3) is 0 Å². The van der Waals surface area contributed by atoms with Crippen molar-refractivity contribution in [1.82, 2.24) is 10.2 Å². The van der Waals surface area contributed by atoms with Crippen LogP contribution in [0.15, 0.2) is 0 Å². The highest BCUT2D eigenvalue weighted by Gasteiger charge is 2.56.